The quantitative estimate of drug-likeness (QED) is 0.186. The van der Waals surface area contributed by atoms with Crippen LogP contribution in [0.5, 0.6) is 11.5 Å². The van der Waals surface area contributed by atoms with Crippen molar-refractivity contribution in [3.63, 3.8) is 0 Å². The molecule has 0 aliphatic carbocycles. The van der Waals surface area contributed by atoms with Crippen molar-refractivity contribution < 1.29 is 28.3 Å². The number of amides is 1. The Morgan fingerprint density at radius 1 is 1.12 bits per heavy atom. The highest BCUT2D eigenvalue weighted by Gasteiger charge is 2.20. The molecule has 4 N–H and O–H groups in total. The average molecular weight is 459 g/mol. The third-order valence-electron chi connectivity index (χ3n) is 4.14. The van der Waals surface area contributed by atoms with Crippen LogP contribution in [0.25, 0.3) is 10.8 Å². The van der Waals surface area contributed by atoms with Gasteiger partial charge in [-0.3, -0.25) is 19.6 Å². The molecule has 0 aromatic heterocycles. The van der Waals surface area contributed by atoms with Gasteiger partial charge in [-0.05, 0) is 23.6 Å². The molecule has 12 nitrogen and oxygen atoms in total. The van der Waals surface area contributed by atoms with Crippen LogP contribution in [0.4, 0.5) is 28.4 Å². The molecule has 0 radical (unpaired) electrons. The van der Waals surface area contributed by atoms with Crippen molar-refractivity contribution in [3.05, 3.63) is 52.6 Å². The lowest BCUT2D eigenvalue weighted by Crippen LogP contribution is -2.09. The molecule has 0 aliphatic heterocycles. The van der Waals surface area contributed by atoms with Crippen molar-refractivity contribution in [2.24, 2.45) is 10.2 Å². The molecule has 0 bridgehead atoms. The Bertz CT molecular complexity index is 1390. The number of aromatic hydroxyl groups is 2. The molecular formula is C19H17N5O7S. The van der Waals surface area contributed by atoms with Crippen molar-refractivity contribution in [2.45, 2.75) is 6.92 Å². The maximum absolute atomic E-state index is 11.7. The number of hydrogen-bond donors (Lipinski definition) is 4. The van der Waals surface area contributed by atoms with Gasteiger partial charge in [-0.25, -0.2) is 8.42 Å². The maximum Gasteiger partial charge on any atom is 0.315 e. The first kappa shape index (κ1) is 22.4. The SMILES string of the molecule is CC(=O)Nc1cc(N=Nc2c(O)ccc3cccc(NS(C)(=O)=O)c23)c(O)c([N+](=O)[O-])c1. The van der Waals surface area contributed by atoms with E-state index in [2.05, 4.69) is 20.3 Å². The summed E-state index contributed by atoms with van der Waals surface area (Å²) in [5, 5.41) is 42.6. The summed E-state index contributed by atoms with van der Waals surface area (Å²) in [5.41, 5.74) is -1.09. The van der Waals surface area contributed by atoms with Crippen molar-refractivity contribution >= 4 is 55.1 Å². The van der Waals surface area contributed by atoms with Gasteiger partial charge >= 0.3 is 5.69 Å². The Kier molecular flexibility index (Phi) is 5.93. The summed E-state index contributed by atoms with van der Waals surface area (Å²) in [6.07, 6.45) is 0.959. The predicted octanol–water partition coefficient (Wildman–Crippen LogP) is 3.90. The smallest absolute Gasteiger partial charge is 0.315 e. The molecule has 0 heterocycles. The van der Waals surface area contributed by atoms with Crippen LogP contribution in [0, 0.1) is 10.1 Å². The number of nitrogens with zero attached hydrogens (tertiary/aromatic N) is 3. The van der Waals surface area contributed by atoms with E-state index >= 15 is 0 Å². The molecule has 1 amide bonds. The minimum absolute atomic E-state index is 0.00229. The number of anilines is 2. The minimum atomic E-state index is -3.66. The number of rotatable bonds is 6. The number of phenols is 2. The first-order valence-corrected chi connectivity index (χ1v) is 10.8. The summed E-state index contributed by atoms with van der Waals surface area (Å²) in [7, 11) is -3.66. The summed E-state index contributed by atoms with van der Waals surface area (Å²) < 4.78 is 25.8. The van der Waals surface area contributed by atoms with E-state index in [0.29, 0.717) is 5.39 Å². The van der Waals surface area contributed by atoms with Gasteiger partial charge in [0.15, 0.2) is 0 Å². The number of carbonyl (C=O) groups excluding carboxylic acids is 1. The summed E-state index contributed by atoms with van der Waals surface area (Å²) in [6, 6.07) is 9.68. The second-order valence-corrected chi connectivity index (χ2v) is 8.46. The van der Waals surface area contributed by atoms with Crippen LogP contribution >= 0.6 is 0 Å². The van der Waals surface area contributed by atoms with Gasteiger partial charge in [0.2, 0.25) is 21.7 Å². The van der Waals surface area contributed by atoms with Gasteiger partial charge in [-0.2, -0.15) is 0 Å². The Balaban J connectivity index is 2.21. The average Bonchev–Trinajstić information content (AvgIpc) is 2.67. The van der Waals surface area contributed by atoms with Crippen molar-refractivity contribution in [1.29, 1.82) is 0 Å². The molecule has 3 aromatic carbocycles. The Morgan fingerprint density at radius 2 is 1.84 bits per heavy atom. The molecule has 0 spiro atoms. The zero-order valence-electron chi connectivity index (χ0n) is 16.7. The molecule has 32 heavy (non-hydrogen) atoms. The standard InChI is InChI=1S/C19H17N5O7S/c1-10(25)20-12-8-14(19(27)15(9-12)24(28)29)21-22-18-16(26)7-6-11-4-3-5-13(17(11)18)23-32(2,30)31/h3-9,23,26-27H,1-2H3,(H,20,25). The van der Waals surface area contributed by atoms with E-state index in [9.17, 15) is 33.5 Å². The van der Waals surface area contributed by atoms with Crippen LogP contribution in [-0.2, 0) is 14.8 Å². The summed E-state index contributed by atoms with van der Waals surface area (Å²) >= 11 is 0. The number of nitro benzene ring substituents is 1. The third-order valence-corrected chi connectivity index (χ3v) is 4.73. The van der Waals surface area contributed by atoms with E-state index in [1.807, 2.05) is 0 Å². The number of carbonyl (C=O) groups is 1. The summed E-state index contributed by atoms with van der Waals surface area (Å²) in [6.45, 7) is 1.20. The minimum Gasteiger partial charge on any atom is -0.506 e. The number of sulfonamides is 1. The Morgan fingerprint density at radius 3 is 2.47 bits per heavy atom. The number of nitrogens with one attached hydrogen (secondary N) is 2. The van der Waals surface area contributed by atoms with Crippen LogP contribution in [0.15, 0.2) is 52.7 Å². The second-order valence-electron chi connectivity index (χ2n) is 6.71. The topological polar surface area (TPSA) is 184 Å². The van der Waals surface area contributed by atoms with E-state index in [-0.39, 0.29) is 33.9 Å². The lowest BCUT2D eigenvalue weighted by atomic mass is 10.1. The fourth-order valence-electron chi connectivity index (χ4n) is 2.93. The molecule has 0 fully saturated rings. The monoisotopic (exact) mass is 459 g/mol. The second kappa shape index (κ2) is 8.47. The lowest BCUT2D eigenvalue weighted by Gasteiger charge is -2.11. The van der Waals surface area contributed by atoms with Gasteiger partial charge in [0.05, 0.1) is 22.6 Å². The fraction of sp³-hybridized carbons (Fsp3) is 0.105. The Labute approximate surface area is 181 Å². The lowest BCUT2D eigenvalue weighted by molar-refractivity contribution is -0.385. The first-order chi connectivity index (χ1) is 15.0. The summed E-state index contributed by atoms with van der Waals surface area (Å²) in [5.74, 6) is -1.66. The van der Waals surface area contributed by atoms with Gasteiger partial charge in [-0.1, -0.05) is 18.2 Å². The van der Waals surface area contributed by atoms with E-state index in [1.165, 1.54) is 25.1 Å². The number of benzene rings is 3. The molecular weight excluding hydrogens is 442 g/mol. The molecule has 0 unspecified atom stereocenters. The highest BCUT2D eigenvalue weighted by Crippen LogP contribution is 2.43. The predicted molar refractivity (Wildman–Crippen MR) is 117 cm³/mol. The number of phenolic OH excluding ortho intramolecular Hbond substituents is 2. The number of hydrogen-bond acceptors (Lipinski definition) is 9. The van der Waals surface area contributed by atoms with Crippen molar-refractivity contribution in [1.82, 2.24) is 0 Å². The van der Waals surface area contributed by atoms with Crippen molar-refractivity contribution in [2.75, 3.05) is 16.3 Å². The molecule has 0 aliphatic rings. The fourth-order valence-corrected chi connectivity index (χ4v) is 3.50. The van der Waals surface area contributed by atoms with E-state index < -0.39 is 32.3 Å². The third kappa shape index (κ3) is 4.89. The van der Waals surface area contributed by atoms with Crippen LogP contribution in [0.3, 0.4) is 0 Å². The molecule has 3 rings (SSSR count). The number of nitro groups is 1. The molecule has 0 atom stereocenters. The van der Waals surface area contributed by atoms with Gasteiger partial charge in [0.25, 0.3) is 0 Å². The molecule has 13 heteroatoms. The first-order valence-electron chi connectivity index (χ1n) is 8.89. The van der Waals surface area contributed by atoms with Crippen LogP contribution in [-0.4, -0.2) is 35.7 Å². The van der Waals surface area contributed by atoms with Gasteiger partial charge in [0.1, 0.15) is 17.1 Å². The molecule has 3 aromatic rings. The highest BCUT2D eigenvalue weighted by atomic mass is 32.2. The molecule has 0 saturated heterocycles. The van der Waals surface area contributed by atoms with Crippen LogP contribution in [0.1, 0.15) is 6.92 Å². The number of azo groups is 1. The Hall–Kier alpha value is -4.26. The van der Waals surface area contributed by atoms with Crippen LogP contribution < -0.4 is 10.0 Å². The van der Waals surface area contributed by atoms with Gasteiger partial charge < -0.3 is 15.5 Å². The van der Waals surface area contributed by atoms with Gasteiger partial charge in [0, 0.05) is 18.4 Å². The number of fused-ring (bicyclic) bond motifs is 1. The zero-order valence-corrected chi connectivity index (χ0v) is 17.5. The van der Waals surface area contributed by atoms with E-state index in [0.717, 1.165) is 18.4 Å². The van der Waals surface area contributed by atoms with E-state index in [4.69, 9.17) is 0 Å². The van der Waals surface area contributed by atoms with Crippen molar-refractivity contribution in [3.8, 4) is 11.5 Å². The summed E-state index contributed by atoms with van der Waals surface area (Å²) in [4.78, 5) is 21.7. The normalized spacial score (nSPS) is 11.6. The molecule has 166 valence electrons. The molecule has 0 saturated carbocycles. The highest BCUT2D eigenvalue weighted by molar-refractivity contribution is 7.92. The maximum atomic E-state index is 11.7. The van der Waals surface area contributed by atoms with E-state index in [1.54, 1.807) is 12.1 Å². The largest absolute Gasteiger partial charge is 0.506 e. The van der Waals surface area contributed by atoms with Gasteiger partial charge in [-0.15, -0.1) is 10.2 Å². The zero-order chi connectivity index (χ0) is 23.6. The van der Waals surface area contributed by atoms with Crippen LogP contribution in [0.2, 0.25) is 0 Å².